The Morgan fingerprint density at radius 1 is 1.22 bits per heavy atom. The van der Waals surface area contributed by atoms with E-state index >= 15 is 0 Å². The molecule has 0 aliphatic heterocycles. The zero-order valence-electron chi connectivity index (χ0n) is 12.8. The molecule has 1 aromatic carbocycles. The number of hydrogen-bond donors (Lipinski definition) is 1. The topological polar surface area (TPSA) is 68.5 Å². The predicted octanol–water partition coefficient (Wildman–Crippen LogP) is 3.05. The number of fused-ring (bicyclic) bond motifs is 1. The van der Waals surface area contributed by atoms with Crippen molar-refractivity contribution in [3.63, 3.8) is 0 Å². The summed E-state index contributed by atoms with van der Waals surface area (Å²) in [4.78, 5) is 0. The van der Waals surface area contributed by atoms with Gasteiger partial charge in [0.2, 0.25) is 0 Å². The average Bonchev–Trinajstić information content (AvgIpc) is 3.29. The number of aryl methyl sites for hydroxylation is 1. The van der Waals surface area contributed by atoms with E-state index in [9.17, 15) is 0 Å². The third-order valence-electron chi connectivity index (χ3n) is 4.14. The molecule has 7 heteroatoms. The van der Waals surface area contributed by atoms with Gasteiger partial charge in [0.25, 0.3) is 0 Å². The Balaban J connectivity index is 1.73. The maximum absolute atomic E-state index is 6.27. The number of aromatic nitrogens is 5. The summed E-state index contributed by atoms with van der Waals surface area (Å²) in [5.41, 5.74) is 3.45. The molecule has 1 aliphatic rings. The van der Waals surface area contributed by atoms with Crippen molar-refractivity contribution in [2.75, 3.05) is 11.9 Å². The van der Waals surface area contributed by atoms with Crippen LogP contribution in [0.2, 0.25) is 5.02 Å². The monoisotopic (exact) mass is 328 g/mol. The second kappa shape index (κ2) is 5.77. The summed E-state index contributed by atoms with van der Waals surface area (Å²) in [6, 6.07) is 7.77. The molecule has 1 saturated carbocycles. The molecule has 3 aromatic rings. The maximum Gasteiger partial charge on any atom is 0.176 e. The minimum atomic E-state index is 0.555. The van der Waals surface area contributed by atoms with Crippen molar-refractivity contribution in [2.45, 2.75) is 26.3 Å². The number of benzene rings is 1. The first kappa shape index (κ1) is 14.4. The molecule has 1 aliphatic carbocycles. The molecule has 1 fully saturated rings. The van der Waals surface area contributed by atoms with E-state index in [0.29, 0.717) is 6.54 Å². The minimum Gasteiger partial charge on any atom is -0.366 e. The van der Waals surface area contributed by atoms with Crippen molar-refractivity contribution in [2.24, 2.45) is 5.92 Å². The maximum atomic E-state index is 6.27. The van der Waals surface area contributed by atoms with Crippen LogP contribution in [0.1, 0.15) is 24.1 Å². The van der Waals surface area contributed by atoms with Crippen LogP contribution in [0.4, 0.5) is 5.82 Å². The Morgan fingerprint density at radius 3 is 2.83 bits per heavy atom. The summed E-state index contributed by atoms with van der Waals surface area (Å²) in [6.45, 7) is 3.37. The molecule has 0 radical (unpaired) electrons. The number of anilines is 1. The molecule has 23 heavy (non-hydrogen) atoms. The largest absolute Gasteiger partial charge is 0.366 e. The Bertz CT molecular complexity index is 855. The minimum absolute atomic E-state index is 0.555. The lowest BCUT2D eigenvalue weighted by atomic mass is 10.2. The lowest BCUT2D eigenvalue weighted by Gasteiger charge is -2.09. The first-order chi connectivity index (χ1) is 11.2. The van der Waals surface area contributed by atoms with Gasteiger partial charge in [-0.1, -0.05) is 35.0 Å². The molecule has 4 rings (SSSR count). The van der Waals surface area contributed by atoms with Gasteiger partial charge >= 0.3 is 0 Å². The van der Waals surface area contributed by atoms with Crippen molar-refractivity contribution in [3.8, 4) is 0 Å². The van der Waals surface area contributed by atoms with Crippen LogP contribution in [0.3, 0.4) is 0 Å². The van der Waals surface area contributed by atoms with Crippen LogP contribution in [-0.4, -0.2) is 31.7 Å². The highest BCUT2D eigenvalue weighted by molar-refractivity contribution is 6.31. The van der Waals surface area contributed by atoms with E-state index in [4.69, 9.17) is 11.6 Å². The Hall–Kier alpha value is -2.21. The Labute approximate surface area is 138 Å². The molecule has 0 unspecified atom stereocenters. The summed E-state index contributed by atoms with van der Waals surface area (Å²) in [7, 11) is 0. The van der Waals surface area contributed by atoms with Crippen molar-refractivity contribution in [1.82, 2.24) is 25.2 Å². The van der Waals surface area contributed by atoms with Crippen LogP contribution in [0.15, 0.2) is 24.3 Å². The van der Waals surface area contributed by atoms with Gasteiger partial charge in [-0.2, -0.15) is 5.10 Å². The van der Waals surface area contributed by atoms with E-state index in [0.717, 1.165) is 45.6 Å². The first-order valence-corrected chi connectivity index (χ1v) is 8.14. The smallest absolute Gasteiger partial charge is 0.176 e. The fraction of sp³-hybridized carbons (Fsp3) is 0.375. The van der Waals surface area contributed by atoms with Gasteiger partial charge in [0, 0.05) is 11.6 Å². The third-order valence-corrected chi connectivity index (χ3v) is 4.50. The van der Waals surface area contributed by atoms with Crippen LogP contribution >= 0.6 is 11.6 Å². The zero-order valence-corrected chi connectivity index (χ0v) is 13.6. The van der Waals surface area contributed by atoms with E-state index < -0.39 is 0 Å². The molecule has 1 N–H and O–H groups in total. The van der Waals surface area contributed by atoms with Crippen LogP contribution in [-0.2, 0) is 6.54 Å². The molecule has 2 heterocycles. The third kappa shape index (κ3) is 2.86. The lowest BCUT2D eigenvalue weighted by molar-refractivity contribution is 0.669. The van der Waals surface area contributed by atoms with Gasteiger partial charge < -0.3 is 5.32 Å². The predicted molar refractivity (Wildman–Crippen MR) is 89.6 cm³/mol. The van der Waals surface area contributed by atoms with E-state index in [1.54, 1.807) is 0 Å². The summed E-state index contributed by atoms with van der Waals surface area (Å²) in [6.07, 6.45) is 2.57. The Morgan fingerprint density at radius 2 is 2.04 bits per heavy atom. The van der Waals surface area contributed by atoms with Crippen molar-refractivity contribution in [1.29, 1.82) is 0 Å². The first-order valence-electron chi connectivity index (χ1n) is 7.76. The van der Waals surface area contributed by atoms with Gasteiger partial charge in [-0.15, -0.1) is 10.2 Å². The molecule has 0 bridgehead atoms. The van der Waals surface area contributed by atoms with Crippen molar-refractivity contribution >= 4 is 28.5 Å². The molecular weight excluding hydrogens is 312 g/mol. The fourth-order valence-corrected chi connectivity index (χ4v) is 2.79. The van der Waals surface area contributed by atoms with Crippen molar-refractivity contribution in [3.05, 3.63) is 40.5 Å². The standard InChI is InChI=1S/C16H17ClN6/c1-10-14-15(16(21-19-10)18-8-11-6-7-11)23(22-20-14)9-12-4-2-3-5-13(12)17/h2-5,11H,6-9H2,1H3,(H,18,21). The lowest BCUT2D eigenvalue weighted by Crippen LogP contribution is -2.10. The zero-order chi connectivity index (χ0) is 15.8. The quantitative estimate of drug-likeness (QED) is 0.779. The van der Waals surface area contributed by atoms with Gasteiger partial charge in [0.1, 0.15) is 11.0 Å². The van der Waals surface area contributed by atoms with Gasteiger partial charge in [-0.05, 0) is 37.3 Å². The number of halogens is 1. The van der Waals surface area contributed by atoms with Crippen molar-refractivity contribution < 1.29 is 0 Å². The molecule has 118 valence electrons. The highest BCUT2D eigenvalue weighted by atomic mass is 35.5. The number of nitrogens with zero attached hydrogens (tertiary/aromatic N) is 5. The molecule has 6 nitrogen and oxygen atoms in total. The van der Waals surface area contributed by atoms with Gasteiger partial charge in [0.05, 0.1) is 12.2 Å². The van der Waals surface area contributed by atoms with Crippen LogP contribution < -0.4 is 5.32 Å². The van der Waals surface area contributed by atoms with E-state index in [1.807, 2.05) is 35.9 Å². The highest BCUT2D eigenvalue weighted by Gasteiger charge is 2.22. The second-order valence-electron chi connectivity index (χ2n) is 5.99. The average molecular weight is 329 g/mol. The summed E-state index contributed by atoms with van der Waals surface area (Å²) >= 11 is 6.27. The summed E-state index contributed by atoms with van der Waals surface area (Å²) in [5.74, 6) is 1.50. The van der Waals surface area contributed by atoms with Crippen LogP contribution in [0, 0.1) is 12.8 Å². The second-order valence-corrected chi connectivity index (χ2v) is 6.40. The molecular formula is C16H17ClN6. The van der Waals surface area contributed by atoms with E-state index in [2.05, 4.69) is 25.8 Å². The van der Waals surface area contributed by atoms with E-state index in [1.165, 1.54) is 12.8 Å². The normalized spacial score (nSPS) is 14.3. The summed E-state index contributed by atoms with van der Waals surface area (Å²) in [5, 5.41) is 21.2. The molecule has 0 spiro atoms. The van der Waals surface area contributed by atoms with Gasteiger partial charge in [-0.3, -0.25) is 0 Å². The van der Waals surface area contributed by atoms with E-state index in [-0.39, 0.29) is 0 Å². The highest BCUT2D eigenvalue weighted by Crippen LogP contribution is 2.30. The molecule has 0 amide bonds. The number of nitrogens with one attached hydrogen (secondary N) is 1. The number of hydrogen-bond acceptors (Lipinski definition) is 5. The Kier molecular flexibility index (Phi) is 3.61. The number of rotatable bonds is 5. The SMILES string of the molecule is Cc1nnc(NCC2CC2)c2c1nnn2Cc1ccccc1Cl. The molecule has 0 saturated heterocycles. The summed E-state index contributed by atoms with van der Waals surface area (Å²) < 4.78 is 1.84. The van der Waals surface area contributed by atoms with Gasteiger partial charge in [-0.25, -0.2) is 4.68 Å². The van der Waals surface area contributed by atoms with Crippen LogP contribution in [0.25, 0.3) is 11.0 Å². The van der Waals surface area contributed by atoms with Crippen LogP contribution in [0.5, 0.6) is 0 Å². The molecule has 2 aromatic heterocycles. The molecule has 0 atom stereocenters. The van der Waals surface area contributed by atoms with Gasteiger partial charge in [0.15, 0.2) is 5.82 Å². The fourth-order valence-electron chi connectivity index (χ4n) is 2.59.